The van der Waals surface area contributed by atoms with Gasteiger partial charge in [0.15, 0.2) is 0 Å². The second kappa shape index (κ2) is 55.1. The first-order valence-corrected chi connectivity index (χ1v) is 31.2. The zero-order valence-corrected chi connectivity index (χ0v) is 49.4. The Labute approximate surface area is 461 Å². The number of nitrogens with zero attached hydrogens (tertiary/aromatic N) is 1. The lowest BCUT2D eigenvalue weighted by Crippen LogP contribution is -2.45. The summed E-state index contributed by atoms with van der Waals surface area (Å²) >= 11 is 0. The van der Waals surface area contributed by atoms with Crippen molar-refractivity contribution in [1.29, 1.82) is 0 Å². The van der Waals surface area contributed by atoms with Crippen LogP contribution < -0.4 is 5.32 Å². The van der Waals surface area contributed by atoms with Gasteiger partial charge < -0.3 is 19.8 Å². The van der Waals surface area contributed by atoms with Crippen LogP contribution in [0.15, 0.2) is 146 Å². The monoisotopic (exact) mass is 1060 g/mol. The lowest BCUT2D eigenvalue weighted by Gasteiger charge is -2.25. The van der Waals surface area contributed by atoms with Crippen molar-refractivity contribution in [2.75, 3.05) is 40.9 Å². The zero-order chi connectivity index (χ0) is 54.9. The van der Waals surface area contributed by atoms with Crippen molar-refractivity contribution in [3.05, 3.63) is 146 Å². The number of quaternary nitrogens is 1. The summed E-state index contributed by atoms with van der Waals surface area (Å²) in [5.41, 5.74) is 0. The van der Waals surface area contributed by atoms with Gasteiger partial charge in [-0.2, -0.15) is 0 Å². The second-order valence-electron chi connectivity index (χ2n) is 20.6. The molecule has 0 aliphatic heterocycles. The molecule has 0 rings (SSSR count). The number of amides is 1. The Balaban J connectivity index is 4.40. The number of aliphatic hydroxyl groups excluding tert-OH is 1. The van der Waals surface area contributed by atoms with E-state index in [4.69, 9.17) is 9.05 Å². The molecular weight excluding hydrogens is 948 g/mol. The lowest BCUT2D eigenvalue weighted by molar-refractivity contribution is -0.870. The van der Waals surface area contributed by atoms with Crippen molar-refractivity contribution in [3.8, 4) is 0 Å². The van der Waals surface area contributed by atoms with E-state index in [2.05, 4.69) is 153 Å². The van der Waals surface area contributed by atoms with E-state index in [1.54, 1.807) is 6.08 Å². The Morgan fingerprint density at radius 1 is 0.467 bits per heavy atom. The van der Waals surface area contributed by atoms with Crippen LogP contribution in [0, 0.1) is 0 Å². The maximum absolute atomic E-state index is 13.0. The number of nitrogens with one attached hydrogen (secondary N) is 1. The van der Waals surface area contributed by atoms with Crippen LogP contribution in [0.25, 0.3) is 0 Å². The number of allylic oxidation sites excluding steroid dienone is 23. The number of aliphatic hydroxyl groups is 1. The quantitative estimate of drug-likeness (QED) is 0.0243. The van der Waals surface area contributed by atoms with Gasteiger partial charge in [0.05, 0.1) is 39.9 Å². The highest BCUT2D eigenvalue weighted by Gasteiger charge is 2.27. The Morgan fingerprint density at radius 3 is 1.23 bits per heavy atom. The summed E-state index contributed by atoms with van der Waals surface area (Å²) in [5.74, 6) is -0.229. The Morgan fingerprint density at radius 2 is 0.813 bits per heavy atom. The summed E-state index contributed by atoms with van der Waals surface area (Å²) in [6.45, 7) is 4.63. The van der Waals surface area contributed by atoms with Crippen molar-refractivity contribution in [1.82, 2.24) is 5.32 Å². The average molecular weight is 1060 g/mol. The van der Waals surface area contributed by atoms with Crippen LogP contribution in [0.5, 0.6) is 0 Å². The van der Waals surface area contributed by atoms with Crippen LogP contribution in [0.2, 0.25) is 0 Å². The molecule has 75 heavy (non-hydrogen) atoms. The second-order valence-corrected chi connectivity index (χ2v) is 22.1. The SMILES string of the molecule is CC/C=C\C/C=C\C/C=C\C/C=C\C/C=C\C/C=C\C/C=C\C/C=C\C/C=C\CCCCCC(=O)NC(COP(=O)(O)OCC[N+](C)(C)C)C(O)/C=C/CC/C=C/CC/C=C/CCCCCCCCCCCCCC. The smallest absolute Gasteiger partial charge is 0.387 e. The molecule has 0 aromatic heterocycles. The molecule has 0 spiro atoms. The number of hydrogen-bond donors (Lipinski definition) is 3. The largest absolute Gasteiger partial charge is 0.472 e. The van der Waals surface area contributed by atoms with Crippen LogP contribution in [0.4, 0.5) is 0 Å². The molecule has 0 fully saturated rings. The molecule has 1 amide bonds. The van der Waals surface area contributed by atoms with E-state index in [0.29, 0.717) is 23.9 Å². The fraction of sp³-hybridized carbons (Fsp3) is 0.621. The van der Waals surface area contributed by atoms with E-state index < -0.39 is 20.0 Å². The van der Waals surface area contributed by atoms with Crippen LogP contribution in [-0.4, -0.2) is 73.4 Å². The number of phosphoric ester groups is 1. The maximum atomic E-state index is 13.0. The third kappa shape index (κ3) is 57.9. The average Bonchev–Trinajstić information content (AvgIpc) is 3.37. The van der Waals surface area contributed by atoms with Gasteiger partial charge in [-0.05, 0) is 116 Å². The summed E-state index contributed by atoms with van der Waals surface area (Å²) < 4.78 is 23.7. The van der Waals surface area contributed by atoms with E-state index in [1.807, 2.05) is 27.2 Å². The fourth-order valence-electron chi connectivity index (χ4n) is 7.65. The van der Waals surface area contributed by atoms with Gasteiger partial charge in [-0.3, -0.25) is 13.8 Å². The lowest BCUT2D eigenvalue weighted by atomic mass is 10.0. The standard InChI is InChI=1S/C66H111N2O6P/c1-6-8-10-12-14-16-18-20-22-24-26-28-30-31-32-33-34-35-36-37-38-40-42-44-46-48-50-52-54-56-58-60-66(70)67-64(63-74-75(71,72)73-62-61-68(3,4)5)65(69)59-57-55-53-51-49-47-45-43-41-39-29-27-25-23-21-19-17-15-13-11-9-7-2/h8,10,14,16,20,22,26,28,31-32,34-35,37-38,41-44,48-51,57,59,64-65,69H,6-7,9,11-13,15,17-19,21,23-25,27,29-30,33,36,39-40,45-47,52-56,58,60-63H2,1-5H3,(H-,67,70,71,72)/p+1/b10-8-,16-14-,22-20-,28-26-,32-31-,35-34-,38-37-,43-41+,44-42-,50-48-,51-49+,59-57+. The summed E-state index contributed by atoms with van der Waals surface area (Å²) in [6.07, 6.45) is 85.3. The first kappa shape index (κ1) is 71.4. The highest BCUT2D eigenvalue weighted by atomic mass is 31.2. The molecule has 0 aromatic rings. The molecule has 8 nitrogen and oxygen atoms in total. The van der Waals surface area contributed by atoms with Crippen LogP contribution in [0.3, 0.4) is 0 Å². The van der Waals surface area contributed by atoms with Crippen molar-refractivity contribution < 1.29 is 32.9 Å². The van der Waals surface area contributed by atoms with E-state index in [9.17, 15) is 19.4 Å². The van der Waals surface area contributed by atoms with Gasteiger partial charge in [-0.15, -0.1) is 0 Å². The number of likely N-dealkylation sites (N-methyl/N-ethyl adjacent to an activating group) is 1. The minimum atomic E-state index is -4.38. The van der Waals surface area contributed by atoms with Crippen LogP contribution in [-0.2, 0) is 18.4 Å². The third-order valence-corrected chi connectivity index (χ3v) is 13.3. The van der Waals surface area contributed by atoms with Gasteiger partial charge in [-0.25, -0.2) is 4.57 Å². The Bertz CT molecular complexity index is 1720. The number of hydrogen-bond acceptors (Lipinski definition) is 5. The van der Waals surface area contributed by atoms with Crippen LogP contribution >= 0.6 is 7.82 Å². The summed E-state index contributed by atoms with van der Waals surface area (Å²) in [6, 6.07) is -0.900. The maximum Gasteiger partial charge on any atom is 0.472 e. The molecule has 426 valence electrons. The minimum absolute atomic E-state index is 0.0381. The van der Waals surface area contributed by atoms with Crippen molar-refractivity contribution in [2.24, 2.45) is 0 Å². The topological polar surface area (TPSA) is 105 Å². The van der Waals surface area contributed by atoms with Gasteiger partial charge in [-0.1, -0.05) is 237 Å². The molecule has 3 unspecified atom stereocenters. The van der Waals surface area contributed by atoms with Crippen LogP contribution in [0.1, 0.15) is 213 Å². The van der Waals surface area contributed by atoms with Crippen molar-refractivity contribution in [2.45, 2.75) is 225 Å². The summed E-state index contributed by atoms with van der Waals surface area (Å²) in [7, 11) is 1.50. The molecule has 9 heteroatoms. The molecular formula is C66H112N2O6P+. The van der Waals surface area contributed by atoms with E-state index in [0.717, 1.165) is 103 Å². The zero-order valence-electron chi connectivity index (χ0n) is 48.5. The first-order chi connectivity index (χ1) is 36.5. The number of unbranched alkanes of at least 4 members (excludes halogenated alkanes) is 17. The van der Waals surface area contributed by atoms with E-state index in [1.165, 1.54) is 83.5 Å². The normalized spacial score (nSPS) is 14.9. The fourth-order valence-corrected chi connectivity index (χ4v) is 8.39. The number of carbonyl (C=O) groups is 1. The molecule has 0 saturated heterocycles. The predicted molar refractivity (Wildman–Crippen MR) is 327 cm³/mol. The molecule has 0 bridgehead atoms. The molecule has 0 saturated carbocycles. The molecule has 0 aliphatic carbocycles. The molecule has 3 atom stereocenters. The van der Waals surface area contributed by atoms with Gasteiger partial charge in [0.2, 0.25) is 5.91 Å². The molecule has 0 heterocycles. The summed E-state index contributed by atoms with van der Waals surface area (Å²) in [5, 5.41) is 13.9. The predicted octanol–water partition coefficient (Wildman–Crippen LogP) is 18.5. The van der Waals surface area contributed by atoms with Gasteiger partial charge in [0.1, 0.15) is 13.2 Å². The first-order valence-electron chi connectivity index (χ1n) is 29.7. The number of phosphoric acid groups is 1. The van der Waals surface area contributed by atoms with Crippen molar-refractivity contribution in [3.63, 3.8) is 0 Å². The third-order valence-electron chi connectivity index (χ3n) is 12.3. The van der Waals surface area contributed by atoms with Crippen molar-refractivity contribution >= 4 is 13.7 Å². The van der Waals surface area contributed by atoms with Gasteiger partial charge in [0, 0.05) is 6.42 Å². The molecule has 0 radical (unpaired) electrons. The van der Waals surface area contributed by atoms with E-state index in [-0.39, 0.29) is 19.1 Å². The highest BCUT2D eigenvalue weighted by Crippen LogP contribution is 2.43. The Kier molecular flexibility index (Phi) is 52.5. The number of rotatable bonds is 52. The molecule has 0 aliphatic rings. The molecule has 0 aromatic carbocycles. The minimum Gasteiger partial charge on any atom is -0.387 e. The highest BCUT2D eigenvalue weighted by molar-refractivity contribution is 7.47. The summed E-state index contributed by atoms with van der Waals surface area (Å²) in [4.78, 5) is 23.3. The number of carbonyl (C=O) groups excluding carboxylic acids is 1. The van der Waals surface area contributed by atoms with Gasteiger partial charge >= 0.3 is 7.82 Å². The van der Waals surface area contributed by atoms with Gasteiger partial charge in [0.25, 0.3) is 0 Å². The van der Waals surface area contributed by atoms with E-state index >= 15 is 0 Å². The Hall–Kier alpha value is -3.62. The molecule has 3 N–H and O–H groups in total.